The lowest BCUT2D eigenvalue weighted by Crippen LogP contribution is -2.66. The van der Waals surface area contributed by atoms with Gasteiger partial charge < -0.3 is 74.7 Å². The van der Waals surface area contributed by atoms with E-state index in [1.165, 1.54) is 103 Å². The zero-order valence-electron chi connectivity index (χ0n) is 65.8. The van der Waals surface area contributed by atoms with Crippen LogP contribution in [0.15, 0.2) is 0 Å². The van der Waals surface area contributed by atoms with Gasteiger partial charge in [0, 0.05) is 18.9 Å². The van der Waals surface area contributed by atoms with Crippen molar-refractivity contribution in [3.63, 3.8) is 0 Å². The van der Waals surface area contributed by atoms with Crippen molar-refractivity contribution in [1.29, 1.82) is 0 Å². The van der Waals surface area contributed by atoms with E-state index in [0.29, 0.717) is 51.4 Å². The smallest absolute Gasteiger partial charge is 0.462 e. The van der Waals surface area contributed by atoms with Crippen molar-refractivity contribution < 1.29 is 97.2 Å². The first-order chi connectivity index (χ1) is 50.2. The van der Waals surface area contributed by atoms with Gasteiger partial charge in [0.25, 0.3) is 0 Å². The second-order valence-electron chi connectivity index (χ2n) is 30.7. The summed E-state index contributed by atoms with van der Waals surface area (Å²) in [5.74, 6) is -5.12. The molecule has 0 aromatic heterocycles. The molecule has 14 atom stereocenters. The number of aliphatic hydroxyl groups excluding tert-OH is 6. The number of ether oxygens (including phenoxy) is 5. The number of aliphatic hydroxyl groups is 6. The van der Waals surface area contributed by atoms with Gasteiger partial charge in [0.15, 0.2) is 18.5 Å². The van der Waals surface area contributed by atoms with Gasteiger partial charge in [-0.25, -0.2) is 4.57 Å². The van der Waals surface area contributed by atoms with Crippen molar-refractivity contribution in [2.45, 2.75) is 467 Å². The summed E-state index contributed by atoms with van der Waals surface area (Å²) in [4.78, 5) is 91.1. The van der Waals surface area contributed by atoms with Crippen LogP contribution in [0, 0.1) is 5.92 Å². The predicted molar refractivity (Wildman–Crippen MR) is 408 cm³/mol. The highest BCUT2D eigenvalue weighted by molar-refractivity contribution is 7.46. The summed E-state index contributed by atoms with van der Waals surface area (Å²) in [5.41, 5.74) is 0. The zero-order chi connectivity index (χ0) is 76.4. The lowest BCUT2D eigenvalue weighted by molar-refractivity contribution is -0.266. The number of carbonyl (C=O) groups is 5. The van der Waals surface area contributed by atoms with E-state index in [-0.39, 0.29) is 32.1 Å². The number of rotatable bonds is 69. The van der Waals surface area contributed by atoms with E-state index in [9.17, 15) is 69.0 Å². The summed E-state index contributed by atoms with van der Waals surface area (Å²) < 4.78 is 48.9. The molecule has 104 heavy (non-hydrogen) atoms. The molecule has 1 aliphatic heterocycles. The van der Waals surface area contributed by atoms with E-state index in [0.717, 1.165) is 154 Å². The lowest BCUT2D eigenvalue weighted by atomic mass is 9.79. The minimum absolute atomic E-state index is 0.151. The van der Waals surface area contributed by atoms with Crippen molar-refractivity contribution in [3.8, 4) is 0 Å². The third kappa shape index (κ3) is 48.6. The summed E-state index contributed by atoms with van der Waals surface area (Å²) in [6.45, 7) is 9.40. The Bertz CT molecular complexity index is 2180. The number of hydrogen-bond acceptors (Lipinski definition) is 18. The van der Waals surface area contributed by atoms with Crippen LogP contribution in [-0.2, 0) is 56.7 Å². The highest BCUT2D eigenvalue weighted by Gasteiger charge is 2.53. The molecule has 1 aliphatic carbocycles. The summed E-state index contributed by atoms with van der Waals surface area (Å²) in [7, 11) is -5.47. The Kier molecular flexibility index (Phi) is 58.8. The van der Waals surface area contributed by atoms with Crippen molar-refractivity contribution in [1.82, 2.24) is 10.6 Å². The molecular formula is C81H153N2O20P. The zero-order valence-corrected chi connectivity index (χ0v) is 66.7. The maximum atomic E-state index is 14.8. The van der Waals surface area contributed by atoms with Gasteiger partial charge in [0.1, 0.15) is 30.5 Å². The normalized spacial score (nSPS) is 21.8. The number of amides is 2. The average molecular weight is 1510 g/mol. The standard InChI is InChI=1S/C81H153N2O20P/c1-6-11-16-21-26-31-36-41-46-51-64(85)57-70(88)83-76-79(101-73(91)58-65(86)52-47-42-37-32-27-22-17-12-7-2)77(93)69(100-81(76)94)62-98-68-56-63(61-84)78(103-104(95,96)97)80(102-74(92)59-66(87)53-48-43-38-33-28-23-18-13-8-3)75(68)82-71(89)60-67(54-49-44-39-34-29-24-19-14-9-4)99-72(90)55-50-45-40-35-30-25-20-15-10-5/h63-69,75-81,84-87,93-94H,6-62H2,1-5H3,(H,82,89)(H,83,88)(H2,95,96,97)/t63?,64-,65-,66-,67-,68-,69?,75?,76?,77-,78-,79-,80-,81-/m1/s1. The number of esters is 3. The largest absolute Gasteiger partial charge is 0.469 e. The predicted octanol–water partition coefficient (Wildman–Crippen LogP) is 15.9. The van der Waals surface area contributed by atoms with E-state index in [2.05, 4.69) is 45.3 Å². The molecule has 4 unspecified atom stereocenters. The third-order valence-electron chi connectivity index (χ3n) is 20.9. The van der Waals surface area contributed by atoms with Crippen LogP contribution in [0.25, 0.3) is 0 Å². The molecule has 2 fully saturated rings. The first-order valence-electron chi connectivity index (χ1n) is 42.4. The van der Waals surface area contributed by atoms with Gasteiger partial charge in [-0.05, 0) is 44.9 Å². The molecule has 0 aromatic carbocycles. The van der Waals surface area contributed by atoms with Gasteiger partial charge in [-0.2, -0.15) is 0 Å². The number of phosphoric acid groups is 1. The molecule has 2 amide bonds. The SMILES string of the molecule is CCCCCCCCCCCC(=O)O[C@H](CCCCCCCCCCC)CC(=O)NC1[C@@H](OC(=O)C[C@H](O)CCCCCCCCCCC)[C@H](OP(=O)(O)O)C(CO)C[C@H]1OCC1O[C@@H](O)C(NC(=O)C[C@H](O)CCCCCCCCCCC)[C@@H](OC(=O)C[C@H](O)CCCCCCCCCCC)[C@@H]1O. The van der Waals surface area contributed by atoms with Crippen molar-refractivity contribution in [2.24, 2.45) is 5.92 Å². The third-order valence-corrected chi connectivity index (χ3v) is 21.4. The van der Waals surface area contributed by atoms with Crippen LogP contribution in [0.5, 0.6) is 0 Å². The number of carbonyl (C=O) groups excluding carboxylic acids is 5. The molecule has 23 heteroatoms. The molecular weight excluding hydrogens is 1350 g/mol. The minimum atomic E-state index is -5.47. The van der Waals surface area contributed by atoms with Crippen molar-refractivity contribution in [3.05, 3.63) is 0 Å². The Morgan fingerprint density at radius 3 is 1.17 bits per heavy atom. The van der Waals surface area contributed by atoms with Crippen LogP contribution in [0.4, 0.5) is 0 Å². The van der Waals surface area contributed by atoms with Crippen molar-refractivity contribution >= 4 is 37.5 Å². The molecule has 2 aliphatic rings. The van der Waals surface area contributed by atoms with E-state index < -0.39 is 149 Å². The molecule has 0 radical (unpaired) electrons. The van der Waals surface area contributed by atoms with Crippen LogP contribution in [0.2, 0.25) is 0 Å². The minimum Gasteiger partial charge on any atom is -0.462 e. The average Bonchev–Trinajstić information content (AvgIpc) is 0.781. The maximum Gasteiger partial charge on any atom is 0.469 e. The highest BCUT2D eigenvalue weighted by atomic mass is 31.2. The van der Waals surface area contributed by atoms with E-state index in [1.54, 1.807) is 0 Å². The van der Waals surface area contributed by atoms with E-state index in [4.69, 9.17) is 28.2 Å². The van der Waals surface area contributed by atoms with Gasteiger partial charge in [0.05, 0.1) is 62.7 Å². The molecule has 1 heterocycles. The van der Waals surface area contributed by atoms with Crippen LogP contribution in [-0.4, -0.2) is 163 Å². The van der Waals surface area contributed by atoms with Crippen LogP contribution < -0.4 is 10.6 Å². The number of unbranched alkanes of at least 4 members (excludes halogenated alkanes) is 40. The molecule has 10 N–H and O–H groups in total. The van der Waals surface area contributed by atoms with Gasteiger partial charge in [0.2, 0.25) is 11.8 Å². The molecule has 2 rings (SSSR count). The summed E-state index contributed by atoms with van der Waals surface area (Å²) in [6, 6.07) is -3.16. The van der Waals surface area contributed by atoms with Gasteiger partial charge in [-0.1, -0.05) is 311 Å². The first-order valence-corrected chi connectivity index (χ1v) is 43.9. The fourth-order valence-electron chi connectivity index (χ4n) is 14.6. The Morgan fingerprint density at radius 2 is 0.779 bits per heavy atom. The second kappa shape index (κ2) is 62.9. The number of nitrogens with one attached hydrogen (secondary N) is 2. The van der Waals surface area contributed by atoms with E-state index in [1.807, 2.05) is 0 Å². The second-order valence-corrected chi connectivity index (χ2v) is 31.9. The topological polar surface area (TPSA) is 344 Å². The van der Waals surface area contributed by atoms with Gasteiger partial charge in [-0.15, -0.1) is 0 Å². The van der Waals surface area contributed by atoms with Crippen LogP contribution in [0.1, 0.15) is 388 Å². The van der Waals surface area contributed by atoms with Gasteiger partial charge in [-0.3, -0.25) is 28.5 Å². The van der Waals surface area contributed by atoms with E-state index >= 15 is 0 Å². The molecule has 22 nitrogen and oxygen atoms in total. The molecule has 1 saturated heterocycles. The highest BCUT2D eigenvalue weighted by Crippen LogP contribution is 2.45. The Balaban J connectivity index is 2.58. The van der Waals surface area contributed by atoms with Crippen molar-refractivity contribution in [2.75, 3.05) is 13.2 Å². The Labute approximate surface area is 628 Å². The van der Waals surface area contributed by atoms with Crippen LogP contribution in [0.3, 0.4) is 0 Å². The Hall–Kier alpha value is -2.86. The molecule has 612 valence electrons. The molecule has 0 spiro atoms. The summed E-state index contributed by atoms with van der Waals surface area (Å²) in [5, 5.41) is 73.9. The van der Waals surface area contributed by atoms with Gasteiger partial charge >= 0.3 is 25.7 Å². The molecule has 0 aromatic rings. The fraction of sp³-hybridized carbons (Fsp3) is 0.938. The molecule has 1 saturated carbocycles. The number of phosphoric ester groups is 1. The van der Waals surface area contributed by atoms with Crippen LogP contribution >= 0.6 is 7.82 Å². The summed E-state index contributed by atoms with van der Waals surface area (Å²) >= 11 is 0. The Morgan fingerprint density at radius 1 is 0.433 bits per heavy atom. The number of hydrogen-bond donors (Lipinski definition) is 10. The fourth-order valence-corrected chi connectivity index (χ4v) is 15.2. The molecule has 0 bridgehead atoms. The quantitative estimate of drug-likeness (QED) is 0.0117. The summed E-state index contributed by atoms with van der Waals surface area (Å²) in [6.07, 6.45) is 29.8. The maximum absolute atomic E-state index is 14.8. The lowest BCUT2D eigenvalue weighted by Gasteiger charge is -2.46. The monoisotopic (exact) mass is 1510 g/mol. The first kappa shape index (κ1) is 97.2.